The minimum absolute atomic E-state index is 0.379. The molecule has 0 saturated heterocycles. The number of nitrogens with one attached hydrogen (secondary N) is 1. The molecule has 0 aliphatic rings. The molecule has 1 heterocycles. The van der Waals surface area contributed by atoms with Crippen molar-refractivity contribution in [3.05, 3.63) is 27.8 Å². The number of hydrogen-bond donors (Lipinski definition) is 2. The van der Waals surface area contributed by atoms with Crippen LogP contribution in [-0.2, 0) is 0 Å². The van der Waals surface area contributed by atoms with Gasteiger partial charge < -0.3 is 10.1 Å². The minimum atomic E-state index is -1.10. The summed E-state index contributed by atoms with van der Waals surface area (Å²) < 4.78 is 0. The van der Waals surface area contributed by atoms with E-state index >= 15 is 0 Å². The summed E-state index contributed by atoms with van der Waals surface area (Å²) in [6.07, 6.45) is 0.296. The van der Waals surface area contributed by atoms with E-state index in [-0.39, 0.29) is 0 Å². The Morgan fingerprint density at radius 1 is 1.92 bits per heavy atom. The quantitative estimate of drug-likeness (QED) is 0.495. The predicted octanol–water partition coefficient (Wildman–Crippen LogP) is 0.0282. The number of aliphatic hydroxyl groups excluding tert-OH is 1. The molecule has 0 radical (unpaired) electrons. The standard InChI is InChI=1S/C6H9N3O3/c1-4-7-2-5(8-4)6(10)3-9(11)12/h2,6,10H,3H2,1H3,(H,7,8). The third kappa shape index (κ3) is 2.03. The Kier molecular flexibility index (Phi) is 2.39. The topological polar surface area (TPSA) is 92.1 Å². The number of nitro groups is 1. The number of hydrogen-bond acceptors (Lipinski definition) is 4. The van der Waals surface area contributed by atoms with Crippen molar-refractivity contribution >= 4 is 0 Å². The molecular weight excluding hydrogens is 162 g/mol. The summed E-state index contributed by atoms with van der Waals surface area (Å²) in [7, 11) is 0. The van der Waals surface area contributed by atoms with Gasteiger partial charge in [0, 0.05) is 4.92 Å². The Hall–Kier alpha value is -1.43. The lowest BCUT2D eigenvalue weighted by Crippen LogP contribution is -2.12. The van der Waals surface area contributed by atoms with Gasteiger partial charge in [-0.05, 0) is 6.92 Å². The smallest absolute Gasteiger partial charge is 0.235 e. The number of imidazole rings is 1. The molecule has 0 spiro atoms. The van der Waals surface area contributed by atoms with Gasteiger partial charge in [0.05, 0.1) is 11.9 Å². The molecule has 0 aliphatic carbocycles. The van der Waals surface area contributed by atoms with Gasteiger partial charge in [0.15, 0.2) is 6.10 Å². The first-order chi connectivity index (χ1) is 5.59. The van der Waals surface area contributed by atoms with Crippen LogP contribution < -0.4 is 0 Å². The highest BCUT2D eigenvalue weighted by molar-refractivity contribution is 5.03. The lowest BCUT2D eigenvalue weighted by molar-refractivity contribution is -0.491. The highest BCUT2D eigenvalue weighted by Crippen LogP contribution is 2.09. The zero-order valence-electron chi connectivity index (χ0n) is 6.52. The maximum absolute atomic E-state index is 10.0. The average molecular weight is 171 g/mol. The highest BCUT2D eigenvalue weighted by atomic mass is 16.6. The fraction of sp³-hybridized carbons (Fsp3) is 0.500. The fourth-order valence-corrected chi connectivity index (χ4v) is 0.849. The van der Waals surface area contributed by atoms with E-state index in [1.807, 2.05) is 0 Å². The Balaban J connectivity index is 2.64. The third-order valence-corrected chi connectivity index (χ3v) is 1.40. The van der Waals surface area contributed by atoms with Gasteiger partial charge in [0.1, 0.15) is 5.82 Å². The number of rotatable bonds is 3. The molecule has 0 aromatic carbocycles. The molecule has 0 fully saturated rings. The Morgan fingerprint density at radius 3 is 3.00 bits per heavy atom. The van der Waals surface area contributed by atoms with E-state index in [1.165, 1.54) is 6.20 Å². The van der Waals surface area contributed by atoms with Crippen LogP contribution in [0.4, 0.5) is 0 Å². The molecule has 0 saturated carbocycles. The average Bonchev–Trinajstić information content (AvgIpc) is 2.34. The highest BCUT2D eigenvalue weighted by Gasteiger charge is 2.15. The van der Waals surface area contributed by atoms with E-state index in [2.05, 4.69) is 9.97 Å². The van der Waals surface area contributed by atoms with Crippen molar-refractivity contribution < 1.29 is 10.0 Å². The molecule has 1 aromatic heterocycles. The van der Waals surface area contributed by atoms with E-state index < -0.39 is 17.6 Å². The zero-order chi connectivity index (χ0) is 9.14. The van der Waals surface area contributed by atoms with Crippen LogP contribution >= 0.6 is 0 Å². The fourth-order valence-electron chi connectivity index (χ4n) is 0.849. The summed E-state index contributed by atoms with van der Waals surface area (Å²) in [5.74, 6) is 0.632. The molecule has 1 rings (SSSR count). The number of aromatic nitrogens is 2. The van der Waals surface area contributed by atoms with E-state index in [0.29, 0.717) is 11.5 Å². The lowest BCUT2D eigenvalue weighted by Gasteiger charge is -2.00. The summed E-state index contributed by atoms with van der Waals surface area (Å²) in [6.45, 7) is 1.21. The molecule has 1 atom stereocenters. The predicted molar refractivity (Wildman–Crippen MR) is 40.1 cm³/mol. The van der Waals surface area contributed by atoms with Crippen molar-refractivity contribution in [2.75, 3.05) is 6.54 Å². The first-order valence-electron chi connectivity index (χ1n) is 3.41. The summed E-state index contributed by atoms with van der Waals surface area (Å²) in [5, 5.41) is 19.2. The van der Waals surface area contributed by atoms with E-state index in [1.54, 1.807) is 6.92 Å². The SMILES string of the molecule is Cc1ncc(C(O)C[N+](=O)[O-])[nH]1. The van der Waals surface area contributed by atoms with E-state index in [0.717, 1.165) is 0 Å². The first kappa shape index (κ1) is 8.66. The van der Waals surface area contributed by atoms with Crippen LogP contribution in [0.3, 0.4) is 0 Å². The second-order valence-corrected chi connectivity index (χ2v) is 2.46. The molecule has 2 N–H and O–H groups in total. The van der Waals surface area contributed by atoms with Crippen molar-refractivity contribution in [1.29, 1.82) is 0 Å². The van der Waals surface area contributed by atoms with Gasteiger partial charge in [-0.25, -0.2) is 4.98 Å². The number of aliphatic hydroxyl groups is 1. The summed E-state index contributed by atoms with van der Waals surface area (Å²) in [4.78, 5) is 16.0. The minimum Gasteiger partial charge on any atom is -0.380 e. The second kappa shape index (κ2) is 3.31. The number of aromatic amines is 1. The lowest BCUT2D eigenvalue weighted by atomic mass is 10.3. The summed E-state index contributed by atoms with van der Waals surface area (Å²) in [6, 6.07) is 0. The number of H-pyrrole nitrogens is 1. The maximum atomic E-state index is 10.0. The van der Waals surface area contributed by atoms with Gasteiger partial charge in [-0.2, -0.15) is 0 Å². The molecule has 0 aliphatic heterocycles. The normalized spacial score (nSPS) is 12.8. The molecule has 12 heavy (non-hydrogen) atoms. The van der Waals surface area contributed by atoms with Gasteiger partial charge in [0.2, 0.25) is 6.54 Å². The molecule has 66 valence electrons. The molecular formula is C6H9N3O3. The van der Waals surface area contributed by atoms with Gasteiger partial charge >= 0.3 is 0 Å². The van der Waals surface area contributed by atoms with Crippen molar-refractivity contribution in [1.82, 2.24) is 9.97 Å². The Bertz CT molecular complexity index is 283. The Labute approximate surface area is 68.4 Å². The molecule has 1 unspecified atom stereocenters. The van der Waals surface area contributed by atoms with E-state index in [4.69, 9.17) is 0 Å². The molecule has 1 aromatic rings. The van der Waals surface area contributed by atoms with Gasteiger partial charge in [-0.1, -0.05) is 0 Å². The number of aryl methyl sites for hydroxylation is 1. The zero-order valence-corrected chi connectivity index (χ0v) is 6.52. The second-order valence-electron chi connectivity index (χ2n) is 2.46. The van der Waals surface area contributed by atoms with Crippen molar-refractivity contribution in [3.8, 4) is 0 Å². The first-order valence-corrected chi connectivity index (χ1v) is 3.41. The van der Waals surface area contributed by atoms with Crippen LogP contribution in [0.25, 0.3) is 0 Å². The number of nitrogens with zero attached hydrogens (tertiary/aromatic N) is 2. The molecule has 6 heteroatoms. The monoisotopic (exact) mass is 171 g/mol. The van der Waals surface area contributed by atoms with Gasteiger partial charge in [0.25, 0.3) is 0 Å². The maximum Gasteiger partial charge on any atom is 0.235 e. The van der Waals surface area contributed by atoms with Crippen molar-refractivity contribution in [2.45, 2.75) is 13.0 Å². The largest absolute Gasteiger partial charge is 0.380 e. The summed E-state index contributed by atoms with van der Waals surface area (Å²) >= 11 is 0. The van der Waals surface area contributed by atoms with Crippen molar-refractivity contribution in [2.24, 2.45) is 0 Å². The third-order valence-electron chi connectivity index (χ3n) is 1.40. The van der Waals surface area contributed by atoms with Crippen LogP contribution in [0, 0.1) is 17.0 Å². The van der Waals surface area contributed by atoms with Crippen LogP contribution in [-0.4, -0.2) is 26.5 Å². The van der Waals surface area contributed by atoms with Crippen LogP contribution in [0.5, 0.6) is 0 Å². The van der Waals surface area contributed by atoms with Crippen LogP contribution in [0.15, 0.2) is 6.20 Å². The van der Waals surface area contributed by atoms with E-state index in [9.17, 15) is 15.2 Å². The Morgan fingerprint density at radius 2 is 2.58 bits per heavy atom. The van der Waals surface area contributed by atoms with Gasteiger partial charge in [-0.3, -0.25) is 10.1 Å². The summed E-state index contributed by atoms with van der Waals surface area (Å²) in [5.41, 5.74) is 0.379. The molecule has 0 amide bonds. The molecule has 0 bridgehead atoms. The van der Waals surface area contributed by atoms with Crippen molar-refractivity contribution in [3.63, 3.8) is 0 Å². The molecule has 6 nitrogen and oxygen atoms in total. The van der Waals surface area contributed by atoms with Gasteiger partial charge in [-0.15, -0.1) is 0 Å². The van der Waals surface area contributed by atoms with Crippen LogP contribution in [0.1, 0.15) is 17.6 Å². The van der Waals surface area contributed by atoms with Crippen LogP contribution in [0.2, 0.25) is 0 Å².